The van der Waals surface area contributed by atoms with Crippen molar-refractivity contribution in [1.82, 2.24) is 0 Å². The molecule has 2 saturated carbocycles. The fourth-order valence-corrected chi connectivity index (χ4v) is 3.71. The van der Waals surface area contributed by atoms with E-state index in [9.17, 15) is 0 Å². The van der Waals surface area contributed by atoms with Crippen molar-refractivity contribution in [2.24, 2.45) is 23.2 Å². The molecule has 2 rings (SSSR count). The SMILES string of the molecule is C#CC(C)(C)OOC1(OOC(C)(C)C#C)CC2CC1C(C)C2(C)C. The van der Waals surface area contributed by atoms with Crippen LogP contribution >= 0.6 is 0 Å². The highest BCUT2D eigenvalue weighted by atomic mass is 17.3. The molecular weight excluding hydrogens is 304 g/mol. The first kappa shape index (κ1) is 19.3. The third-order valence-corrected chi connectivity index (χ3v) is 5.94. The summed E-state index contributed by atoms with van der Waals surface area (Å²) in [5, 5.41) is 0. The van der Waals surface area contributed by atoms with Gasteiger partial charge in [0, 0.05) is 12.3 Å². The number of fused-ring (bicyclic) bond motifs is 2. The van der Waals surface area contributed by atoms with Gasteiger partial charge in [0.25, 0.3) is 0 Å². The van der Waals surface area contributed by atoms with E-state index in [0.717, 1.165) is 6.42 Å². The number of hydrogen-bond acceptors (Lipinski definition) is 4. The molecule has 0 saturated heterocycles. The molecule has 0 spiro atoms. The van der Waals surface area contributed by atoms with Crippen LogP contribution in [0.15, 0.2) is 0 Å². The first-order valence-corrected chi connectivity index (χ1v) is 8.58. The van der Waals surface area contributed by atoms with E-state index in [1.54, 1.807) is 27.7 Å². The summed E-state index contributed by atoms with van der Waals surface area (Å²) in [7, 11) is 0. The van der Waals surface area contributed by atoms with E-state index in [-0.39, 0.29) is 11.3 Å². The van der Waals surface area contributed by atoms with Gasteiger partial charge in [0.15, 0.2) is 11.2 Å². The summed E-state index contributed by atoms with van der Waals surface area (Å²) < 4.78 is 0. The molecule has 134 valence electrons. The number of terminal acetylenes is 2. The molecule has 0 aromatic rings. The maximum Gasteiger partial charge on any atom is 0.237 e. The minimum absolute atomic E-state index is 0.152. The molecule has 0 aromatic heterocycles. The Morgan fingerprint density at radius 3 is 1.75 bits per heavy atom. The topological polar surface area (TPSA) is 36.9 Å². The van der Waals surface area contributed by atoms with Gasteiger partial charge in [-0.3, -0.25) is 0 Å². The van der Waals surface area contributed by atoms with Crippen LogP contribution in [0.3, 0.4) is 0 Å². The third-order valence-electron chi connectivity index (χ3n) is 5.94. The van der Waals surface area contributed by atoms with Gasteiger partial charge in [-0.2, -0.15) is 9.78 Å². The molecule has 0 radical (unpaired) electrons. The van der Waals surface area contributed by atoms with E-state index in [1.807, 2.05) is 0 Å². The van der Waals surface area contributed by atoms with Crippen molar-refractivity contribution in [1.29, 1.82) is 0 Å². The zero-order chi connectivity index (χ0) is 18.4. The molecule has 4 heteroatoms. The predicted molar refractivity (Wildman–Crippen MR) is 92.1 cm³/mol. The zero-order valence-electron chi connectivity index (χ0n) is 15.9. The molecule has 4 nitrogen and oxygen atoms in total. The van der Waals surface area contributed by atoms with Crippen LogP contribution in [0, 0.1) is 47.9 Å². The quantitative estimate of drug-likeness (QED) is 0.317. The average Bonchev–Trinajstić information content (AvgIpc) is 3.00. The summed E-state index contributed by atoms with van der Waals surface area (Å²) in [6, 6.07) is 0. The van der Waals surface area contributed by atoms with Crippen LogP contribution in [-0.2, 0) is 19.6 Å². The summed E-state index contributed by atoms with van der Waals surface area (Å²) in [6.07, 6.45) is 12.7. The van der Waals surface area contributed by atoms with E-state index in [0.29, 0.717) is 18.3 Å². The Balaban J connectivity index is 2.22. The monoisotopic (exact) mass is 334 g/mol. The molecule has 0 amide bonds. The van der Waals surface area contributed by atoms with Crippen molar-refractivity contribution < 1.29 is 19.6 Å². The molecule has 2 fully saturated rings. The maximum absolute atomic E-state index is 5.83. The highest BCUT2D eigenvalue weighted by Crippen LogP contribution is 2.64. The predicted octanol–water partition coefficient (Wildman–Crippen LogP) is 4.10. The lowest BCUT2D eigenvalue weighted by Crippen LogP contribution is -2.51. The maximum atomic E-state index is 5.83. The van der Waals surface area contributed by atoms with Crippen LogP contribution in [-0.4, -0.2) is 17.0 Å². The molecule has 0 heterocycles. The minimum atomic E-state index is -0.984. The lowest BCUT2D eigenvalue weighted by molar-refractivity contribution is -0.548. The Kier molecular flexibility index (Phi) is 4.86. The van der Waals surface area contributed by atoms with Crippen LogP contribution in [0.2, 0.25) is 0 Å². The summed E-state index contributed by atoms with van der Waals surface area (Å²) >= 11 is 0. The van der Waals surface area contributed by atoms with Gasteiger partial charge in [-0.25, -0.2) is 9.78 Å². The van der Waals surface area contributed by atoms with Crippen molar-refractivity contribution in [2.75, 3.05) is 0 Å². The van der Waals surface area contributed by atoms with Crippen LogP contribution in [0.4, 0.5) is 0 Å². The van der Waals surface area contributed by atoms with Crippen LogP contribution < -0.4 is 0 Å². The van der Waals surface area contributed by atoms with Gasteiger partial charge in [0.1, 0.15) is 0 Å². The first-order chi connectivity index (χ1) is 10.9. The minimum Gasteiger partial charge on any atom is -0.214 e. The standard InChI is InChI=1S/C20H30O4/c1-10-17(4,5)21-23-20(24-22-18(6,7)11-2)13-15-12-16(20)14(3)19(15,8)9/h1-2,14-16H,12-13H2,3-9H3. The van der Waals surface area contributed by atoms with E-state index in [4.69, 9.17) is 32.4 Å². The van der Waals surface area contributed by atoms with E-state index >= 15 is 0 Å². The summed E-state index contributed by atoms with van der Waals surface area (Å²) in [6.45, 7) is 13.9. The van der Waals surface area contributed by atoms with Gasteiger partial charge in [0.2, 0.25) is 5.79 Å². The van der Waals surface area contributed by atoms with Crippen molar-refractivity contribution >= 4 is 0 Å². The molecule has 0 aliphatic heterocycles. The van der Waals surface area contributed by atoms with Gasteiger partial charge in [-0.1, -0.05) is 32.6 Å². The summed E-state index contributed by atoms with van der Waals surface area (Å²) in [5.41, 5.74) is -1.47. The molecular formula is C20H30O4. The second-order valence-corrected chi connectivity index (χ2v) is 8.81. The third kappa shape index (κ3) is 3.35. The van der Waals surface area contributed by atoms with E-state index < -0.39 is 17.0 Å². The Morgan fingerprint density at radius 1 is 0.958 bits per heavy atom. The Morgan fingerprint density at radius 2 is 1.42 bits per heavy atom. The van der Waals surface area contributed by atoms with E-state index in [2.05, 4.69) is 32.6 Å². The molecule has 0 aromatic carbocycles. The Labute approximate surface area is 146 Å². The molecule has 0 N–H and O–H groups in total. The second-order valence-electron chi connectivity index (χ2n) is 8.81. The number of rotatable bonds is 6. The molecule has 3 atom stereocenters. The van der Waals surface area contributed by atoms with Crippen molar-refractivity contribution in [3.63, 3.8) is 0 Å². The summed E-state index contributed by atoms with van der Waals surface area (Å²) in [5.74, 6) is 5.15. The van der Waals surface area contributed by atoms with Gasteiger partial charge < -0.3 is 0 Å². The number of hydrogen-bond donors (Lipinski definition) is 0. The Hall–Kier alpha value is -1.04. The average molecular weight is 334 g/mol. The van der Waals surface area contributed by atoms with E-state index in [1.165, 1.54) is 0 Å². The first-order valence-electron chi connectivity index (χ1n) is 8.58. The normalized spacial score (nSPS) is 30.8. The molecule has 2 aliphatic rings. The van der Waals surface area contributed by atoms with Crippen LogP contribution in [0.25, 0.3) is 0 Å². The van der Waals surface area contributed by atoms with Crippen molar-refractivity contribution in [3.8, 4) is 24.7 Å². The largest absolute Gasteiger partial charge is 0.237 e. The molecule has 2 bridgehead atoms. The fraction of sp³-hybridized carbons (Fsp3) is 0.800. The van der Waals surface area contributed by atoms with Gasteiger partial charge in [-0.15, -0.1) is 12.8 Å². The lowest BCUT2D eigenvalue weighted by atomic mass is 9.67. The smallest absolute Gasteiger partial charge is 0.214 e. The Bertz CT molecular complexity index is 527. The molecule has 24 heavy (non-hydrogen) atoms. The van der Waals surface area contributed by atoms with Crippen LogP contribution in [0.1, 0.15) is 61.3 Å². The second kappa shape index (κ2) is 6.04. The van der Waals surface area contributed by atoms with Gasteiger partial charge in [0.05, 0.1) is 0 Å². The van der Waals surface area contributed by atoms with Crippen molar-refractivity contribution in [3.05, 3.63) is 0 Å². The van der Waals surface area contributed by atoms with Gasteiger partial charge in [-0.05, 0) is 51.4 Å². The highest BCUT2D eigenvalue weighted by molar-refractivity contribution is 5.09. The fourth-order valence-electron chi connectivity index (χ4n) is 3.71. The van der Waals surface area contributed by atoms with Crippen molar-refractivity contribution in [2.45, 2.75) is 78.3 Å². The lowest BCUT2D eigenvalue weighted by Gasteiger charge is -2.45. The molecule has 3 unspecified atom stereocenters. The van der Waals surface area contributed by atoms with Gasteiger partial charge >= 0.3 is 0 Å². The highest BCUT2D eigenvalue weighted by Gasteiger charge is 2.65. The van der Waals surface area contributed by atoms with Crippen LogP contribution in [0.5, 0.6) is 0 Å². The molecule has 2 aliphatic carbocycles. The summed E-state index contributed by atoms with van der Waals surface area (Å²) in [4.78, 5) is 22.7. The zero-order valence-corrected chi connectivity index (χ0v) is 15.9.